The molecule has 0 amide bonds. The number of aliphatic imine (C=N–C) groups is 1. The van der Waals surface area contributed by atoms with Crippen molar-refractivity contribution in [3.8, 4) is 5.69 Å². The number of hydrogen-bond acceptors (Lipinski definition) is 3. The number of imidazole rings is 1. The van der Waals surface area contributed by atoms with Crippen molar-refractivity contribution < 1.29 is 4.74 Å². The average molecular weight is 327 g/mol. The van der Waals surface area contributed by atoms with Gasteiger partial charge in [-0.15, -0.1) is 0 Å². The molecule has 3 rings (SSSR count). The summed E-state index contributed by atoms with van der Waals surface area (Å²) in [5.74, 6) is 1.49. The van der Waals surface area contributed by atoms with E-state index in [0.29, 0.717) is 12.5 Å². The van der Waals surface area contributed by atoms with Gasteiger partial charge in [0.2, 0.25) is 0 Å². The summed E-state index contributed by atoms with van der Waals surface area (Å²) in [6.07, 6.45) is 6.70. The minimum absolute atomic E-state index is 0.590. The number of nitrogens with zero attached hydrogens (tertiary/aromatic N) is 4. The van der Waals surface area contributed by atoms with E-state index in [-0.39, 0.29) is 0 Å². The molecule has 1 aliphatic rings. The van der Waals surface area contributed by atoms with E-state index in [9.17, 15) is 0 Å². The van der Waals surface area contributed by atoms with Crippen molar-refractivity contribution >= 4 is 5.96 Å². The van der Waals surface area contributed by atoms with Crippen LogP contribution in [0.5, 0.6) is 0 Å². The summed E-state index contributed by atoms with van der Waals surface area (Å²) in [5, 5.41) is 3.46. The first-order chi connectivity index (χ1) is 11.8. The van der Waals surface area contributed by atoms with Crippen LogP contribution < -0.4 is 5.32 Å². The zero-order valence-corrected chi connectivity index (χ0v) is 14.4. The molecule has 2 aromatic rings. The van der Waals surface area contributed by atoms with Crippen molar-refractivity contribution in [2.75, 3.05) is 33.9 Å². The van der Waals surface area contributed by atoms with Gasteiger partial charge in [-0.3, -0.25) is 4.99 Å². The molecule has 2 heterocycles. The molecule has 0 bridgehead atoms. The topological polar surface area (TPSA) is 54.7 Å². The fourth-order valence-corrected chi connectivity index (χ4v) is 3.07. The molecule has 24 heavy (non-hydrogen) atoms. The monoisotopic (exact) mass is 327 g/mol. The molecule has 0 saturated carbocycles. The highest BCUT2D eigenvalue weighted by Gasteiger charge is 2.19. The Kier molecular flexibility index (Phi) is 5.48. The zero-order chi connectivity index (χ0) is 16.8. The number of aromatic nitrogens is 2. The third kappa shape index (κ3) is 3.94. The van der Waals surface area contributed by atoms with Gasteiger partial charge in [-0.2, -0.15) is 0 Å². The van der Waals surface area contributed by atoms with Gasteiger partial charge in [0.15, 0.2) is 5.96 Å². The van der Waals surface area contributed by atoms with Gasteiger partial charge in [-0.1, -0.05) is 18.2 Å². The Morgan fingerprint density at radius 1 is 1.46 bits per heavy atom. The molecule has 1 unspecified atom stereocenters. The van der Waals surface area contributed by atoms with Gasteiger partial charge in [-0.05, 0) is 18.1 Å². The number of nitrogens with one attached hydrogen (secondary N) is 1. The molecule has 1 saturated heterocycles. The largest absolute Gasteiger partial charge is 0.381 e. The van der Waals surface area contributed by atoms with E-state index in [1.165, 1.54) is 5.56 Å². The minimum atomic E-state index is 0.590. The Morgan fingerprint density at radius 2 is 2.33 bits per heavy atom. The summed E-state index contributed by atoms with van der Waals surface area (Å²) in [5.41, 5.74) is 2.33. The molecule has 128 valence electrons. The number of rotatable bonds is 5. The maximum absolute atomic E-state index is 5.46. The van der Waals surface area contributed by atoms with Gasteiger partial charge in [0.25, 0.3) is 0 Å². The van der Waals surface area contributed by atoms with Crippen LogP contribution in [0.2, 0.25) is 0 Å². The SMILES string of the molecule is CN=C(NCc1ccccc1-n1ccnc1)N(C)CC1CCOC1. The van der Waals surface area contributed by atoms with E-state index in [4.69, 9.17) is 4.74 Å². The highest BCUT2D eigenvalue weighted by Crippen LogP contribution is 2.15. The van der Waals surface area contributed by atoms with Crippen LogP contribution in [0.25, 0.3) is 5.69 Å². The summed E-state index contributed by atoms with van der Waals surface area (Å²) < 4.78 is 7.49. The smallest absolute Gasteiger partial charge is 0.193 e. The lowest BCUT2D eigenvalue weighted by atomic mass is 10.1. The highest BCUT2D eigenvalue weighted by molar-refractivity contribution is 5.79. The lowest BCUT2D eigenvalue weighted by molar-refractivity contribution is 0.181. The third-order valence-corrected chi connectivity index (χ3v) is 4.34. The Bertz CT molecular complexity index is 662. The van der Waals surface area contributed by atoms with Crippen molar-refractivity contribution in [2.24, 2.45) is 10.9 Å². The Morgan fingerprint density at radius 3 is 3.04 bits per heavy atom. The Balaban J connectivity index is 1.64. The molecule has 1 aromatic heterocycles. The predicted molar refractivity (Wildman–Crippen MR) is 95.3 cm³/mol. The molecule has 1 atom stereocenters. The van der Waals surface area contributed by atoms with Gasteiger partial charge in [0.1, 0.15) is 0 Å². The summed E-state index contributed by atoms with van der Waals surface area (Å²) in [7, 11) is 3.90. The van der Waals surface area contributed by atoms with E-state index in [2.05, 4.69) is 45.4 Å². The second-order valence-corrected chi connectivity index (χ2v) is 6.11. The average Bonchev–Trinajstić information content (AvgIpc) is 3.29. The molecule has 1 aromatic carbocycles. The molecule has 6 heteroatoms. The van der Waals surface area contributed by atoms with Gasteiger partial charge in [0, 0.05) is 52.1 Å². The van der Waals surface area contributed by atoms with Crippen LogP contribution in [0.1, 0.15) is 12.0 Å². The second kappa shape index (κ2) is 7.97. The number of hydrogen-bond donors (Lipinski definition) is 1. The second-order valence-electron chi connectivity index (χ2n) is 6.11. The molecule has 6 nitrogen and oxygen atoms in total. The van der Waals surface area contributed by atoms with Gasteiger partial charge in [-0.25, -0.2) is 4.98 Å². The summed E-state index contributed by atoms with van der Waals surface area (Å²) in [6.45, 7) is 3.41. The molecular weight excluding hydrogens is 302 g/mol. The first-order valence-electron chi connectivity index (χ1n) is 8.33. The van der Waals surface area contributed by atoms with E-state index in [1.54, 1.807) is 6.20 Å². The predicted octanol–water partition coefficient (Wildman–Crippen LogP) is 1.92. The van der Waals surface area contributed by atoms with E-state index < -0.39 is 0 Å². The van der Waals surface area contributed by atoms with E-state index in [0.717, 1.165) is 37.8 Å². The maximum Gasteiger partial charge on any atom is 0.193 e. The molecular formula is C18H25N5O. The van der Waals surface area contributed by atoms with Crippen molar-refractivity contribution in [3.05, 3.63) is 48.5 Å². The normalized spacial score (nSPS) is 17.9. The molecule has 0 radical (unpaired) electrons. The van der Waals surface area contributed by atoms with Crippen LogP contribution in [0.15, 0.2) is 48.0 Å². The number of ether oxygens (including phenoxy) is 1. The van der Waals surface area contributed by atoms with Crippen molar-refractivity contribution in [2.45, 2.75) is 13.0 Å². The summed E-state index contributed by atoms with van der Waals surface area (Å²) in [6, 6.07) is 8.32. The maximum atomic E-state index is 5.46. The van der Waals surface area contributed by atoms with Crippen molar-refractivity contribution in [1.82, 2.24) is 19.8 Å². The molecule has 0 spiro atoms. The first-order valence-corrected chi connectivity index (χ1v) is 8.33. The number of benzene rings is 1. The Labute approximate surface area is 143 Å². The van der Waals surface area contributed by atoms with Crippen LogP contribution >= 0.6 is 0 Å². The van der Waals surface area contributed by atoms with Gasteiger partial charge >= 0.3 is 0 Å². The van der Waals surface area contributed by atoms with Crippen molar-refractivity contribution in [1.29, 1.82) is 0 Å². The Hall–Kier alpha value is -2.34. The van der Waals surface area contributed by atoms with Gasteiger partial charge in [0.05, 0.1) is 18.6 Å². The lowest BCUT2D eigenvalue weighted by Crippen LogP contribution is -2.41. The molecule has 0 aliphatic carbocycles. The van der Waals surface area contributed by atoms with Gasteiger partial charge < -0.3 is 19.5 Å². The van der Waals surface area contributed by atoms with Crippen LogP contribution in [-0.4, -0.2) is 54.3 Å². The van der Waals surface area contributed by atoms with Crippen LogP contribution in [0, 0.1) is 5.92 Å². The van der Waals surface area contributed by atoms with Crippen LogP contribution in [0.4, 0.5) is 0 Å². The number of para-hydroxylation sites is 1. The third-order valence-electron chi connectivity index (χ3n) is 4.34. The fourth-order valence-electron chi connectivity index (χ4n) is 3.07. The van der Waals surface area contributed by atoms with Crippen molar-refractivity contribution in [3.63, 3.8) is 0 Å². The fraction of sp³-hybridized carbons (Fsp3) is 0.444. The zero-order valence-electron chi connectivity index (χ0n) is 14.4. The number of guanidine groups is 1. The molecule has 1 aliphatic heterocycles. The van der Waals surface area contributed by atoms with Crippen LogP contribution in [0.3, 0.4) is 0 Å². The van der Waals surface area contributed by atoms with E-state index >= 15 is 0 Å². The summed E-state index contributed by atoms with van der Waals surface area (Å²) in [4.78, 5) is 10.7. The van der Waals surface area contributed by atoms with Crippen LogP contribution in [-0.2, 0) is 11.3 Å². The standard InChI is InChI=1S/C18H25N5O/c1-19-18(22(2)12-15-7-10-24-13-15)21-11-16-5-3-4-6-17(16)23-9-8-20-14-23/h3-6,8-9,14-15H,7,10-13H2,1-2H3,(H,19,21). The van der Waals surface area contributed by atoms with E-state index in [1.807, 2.05) is 30.2 Å². The first kappa shape index (κ1) is 16.5. The summed E-state index contributed by atoms with van der Waals surface area (Å²) >= 11 is 0. The highest BCUT2D eigenvalue weighted by atomic mass is 16.5. The lowest BCUT2D eigenvalue weighted by Gasteiger charge is -2.25. The molecule has 1 N–H and O–H groups in total. The molecule has 1 fully saturated rings. The minimum Gasteiger partial charge on any atom is -0.381 e. The quantitative estimate of drug-likeness (QED) is 0.673.